The van der Waals surface area contributed by atoms with Gasteiger partial charge in [-0.2, -0.15) is 0 Å². The molecule has 0 aliphatic heterocycles. The Morgan fingerprint density at radius 3 is 2.61 bits per heavy atom. The molecule has 1 aromatic heterocycles. The molecule has 0 atom stereocenters. The summed E-state index contributed by atoms with van der Waals surface area (Å²) in [7, 11) is 0. The minimum Gasteiger partial charge on any atom is -0.491 e. The summed E-state index contributed by atoms with van der Waals surface area (Å²) in [6.45, 7) is 5.82. The Morgan fingerprint density at radius 2 is 1.91 bits per heavy atom. The highest BCUT2D eigenvalue weighted by molar-refractivity contribution is 6.11. The lowest BCUT2D eigenvalue weighted by Crippen LogP contribution is -2.12. The number of amides is 1. The van der Waals surface area contributed by atoms with Gasteiger partial charge in [-0.25, -0.2) is 4.98 Å². The molecule has 0 fully saturated rings. The molecule has 0 aliphatic carbocycles. The van der Waals surface area contributed by atoms with Crippen LogP contribution in [0.25, 0.3) is 11.0 Å². The highest BCUT2D eigenvalue weighted by Crippen LogP contribution is 2.20. The van der Waals surface area contributed by atoms with Gasteiger partial charge in [-0.15, -0.1) is 0 Å². The number of para-hydroxylation sites is 1. The van der Waals surface area contributed by atoms with Gasteiger partial charge in [0, 0.05) is 5.69 Å². The number of nitrogens with zero attached hydrogens (tertiary/aromatic N) is 1. The molecule has 0 saturated heterocycles. The summed E-state index contributed by atoms with van der Waals surface area (Å²) >= 11 is 0. The number of anilines is 1. The molecule has 0 bridgehead atoms. The third kappa shape index (κ3) is 3.34. The zero-order valence-corrected chi connectivity index (χ0v) is 13.4. The van der Waals surface area contributed by atoms with Crippen LogP contribution in [-0.2, 0) is 0 Å². The van der Waals surface area contributed by atoms with Crippen LogP contribution in [0.4, 0.5) is 5.69 Å². The molecule has 2 N–H and O–H groups in total. The summed E-state index contributed by atoms with van der Waals surface area (Å²) in [5, 5.41) is 2.89. The molecule has 1 heterocycles. The monoisotopic (exact) mass is 309 g/mol. The SMILES string of the molecule is Cc1nc2c(C(=O)Nc3ccc(OC(C)C)cc3)cccc2[nH]1. The first-order valence-electron chi connectivity index (χ1n) is 7.56. The van der Waals surface area contributed by atoms with Crippen LogP contribution in [0.15, 0.2) is 42.5 Å². The molecule has 3 aromatic rings. The number of rotatable bonds is 4. The van der Waals surface area contributed by atoms with Crippen LogP contribution >= 0.6 is 0 Å². The van der Waals surface area contributed by atoms with Crippen molar-refractivity contribution >= 4 is 22.6 Å². The number of hydrogen-bond donors (Lipinski definition) is 2. The van der Waals surface area contributed by atoms with Crippen LogP contribution in [0.1, 0.15) is 30.0 Å². The van der Waals surface area contributed by atoms with Crippen LogP contribution in [0.3, 0.4) is 0 Å². The first kappa shape index (κ1) is 15.1. The van der Waals surface area contributed by atoms with Gasteiger partial charge in [0.1, 0.15) is 17.1 Å². The quantitative estimate of drug-likeness (QED) is 0.768. The topological polar surface area (TPSA) is 67.0 Å². The van der Waals surface area contributed by atoms with E-state index in [1.807, 2.05) is 57.2 Å². The van der Waals surface area contributed by atoms with Gasteiger partial charge in [0.2, 0.25) is 0 Å². The molecular formula is C18H19N3O2. The fraction of sp³-hybridized carbons (Fsp3) is 0.222. The number of hydrogen-bond acceptors (Lipinski definition) is 3. The Morgan fingerprint density at radius 1 is 1.17 bits per heavy atom. The molecule has 0 saturated carbocycles. The maximum atomic E-state index is 12.5. The lowest BCUT2D eigenvalue weighted by molar-refractivity contribution is 0.102. The molecule has 1 amide bonds. The lowest BCUT2D eigenvalue weighted by atomic mass is 10.1. The van der Waals surface area contributed by atoms with Crippen molar-refractivity contribution in [1.82, 2.24) is 9.97 Å². The number of fused-ring (bicyclic) bond motifs is 1. The van der Waals surface area contributed by atoms with Crippen molar-refractivity contribution < 1.29 is 9.53 Å². The van der Waals surface area contributed by atoms with E-state index in [-0.39, 0.29) is 12.0 Å². The van der Waals surface area contributed by atoms with Gasteiger partial charge in [0.05, 0.1) is 17.2 Å². The van der Waals surface area contributed by atoms with Crippen molar-refractivity contribution in [2.24, 2.45) is 0 Å². The third-order valence-corrected chi connectivity index (χ3v) is 3.36. The zero-order chi connectivity index (χ0) is 16.4. The third-order valence-electron chi connectivity index (χ3n) is 3.36. The molecule has 5 heteroatoms. The van der Waals surface area contributed by atoms with Gasteiger partial charge >= 0.3 is 0 Å². The zero-order valence-electron chi connectivity index (χ0n) is 13.4. The minimum absolute atomic E-state index is 0.121. The Hall–Kier alpha value is -2.82. The number of benzene rings is 2. The van der Waals surface area contributed by atoms with Crippen molar-refractivity contribution in [3.63, 3.8) is 0 Å². The number of aromatic amines is 1. The number of H-pyrrole nitrogens is 1. The minimum atomic E-state index is -0.181. The van der Waals surface area contributed by atoms with E-state index in [4.69, 9.17) is 4.74 Å². The second-order valence-corrected chi connectivity index (χ2v) is 5.67. The van der Waals surface area contributed by atoms with E-state index in [2.05, 4.69) is 15.3 Å². The Labute approximate surface area is 134 Å². The van der Waals surface area contributed by atoms with Crippen molar-refractivity contribution in [2.75, 3.05) is 5.32 Å². The van der Waals surface area contributed by atoms with Crippen molar-refractivity contribution in [3.05, 3.63) is 53.9 Å². The number of aromatic nitrogens is 2. The van der Waals surface area contributed by atoms with Gasteiger partial charge in [0.15, 0.2) is 0 Å². The van der Waals surface area contributed by atoms with Crippen LogP contribution in [0, 0.1) is 6.92 Å². The van der Waals surface area contributed by atoms with E-state index < -0.39 is 0 Å². The van der Waals surface area contributed by atoms with Crippen LogP contribution in [0.2, 0.25) is 0 Å². The Kier molecular flexibility index (Phi) is 4.02. The normalized spacial score (nSPS) is 11.0. The maximum Gasteiger partial charge on any atom is 0.257 e. The average Bonchev–Trinajstić information content (AvgIpc) is 2.88. The van der Waals surface area contributed by atoms with Gasteiger partial charge in [0.25, 0.3) is 5.91 Å². The highest BCUT2D eigenvalue weighted by atomic mass is 16.5. The lowest BCUT2D eigenvalue weighted by Gasteiger charge is -2.10. The summed E-state index contributed by atoms with van der Waals surface area (Å²) < 4.78 is 5.59. The smallest absolute Gasteiger partial charge is 0.257 e. The Bertz CT molecular complexity index is 835. The van der Waals surface area contributed by atoms with Crippen molar-refractivity contribution in [3.8, 4) is 5.75 Å². The average molecular weight is 309 g/mol. The van der Waals surface area contributed by atoms with E-state index in [0.29, 0.717) is 11.1 Å². The van der Waals surface area contributed by atoms with Crippen LogP contribution in [-0.4, -0.2) is 22.0 Å². The molecule has 23 heavy (non-hydrogen) atoms. The first-order chi connectivity index (χ1) is 11.0. The number of ether oxygens (including phenoxy) is 1. The largest absolute Gasteiger partial charge is 0.491 e. The van der Waals surface area contributed by atoms with Crippen LogP contribution < -0.4 is 10.1 Å². The predicted octanol–water partition coefficient (Wildman–Crippen LogP) is 3.91. The molecule has 0 spiro atoms. The molecule has 0 aliphatic rings. The molecule has 0 radical (unpaired) electrons. The Balaban J connectivity index is 1.80. The van der Waals surface area contributed by atoms with Crippen molar-refractivity contribution in [1.29, 1.82) is 0 Å². The molecule has 118 valence electrons. The molecular weight excluding hydrogens is 290 g/mol. The number of carbonyl (C=O) groups excluding carboxylic acids is 1. The number of aryl methyl sites for hydroxylation is 1. The summed E-state index contributed by atoms with van der Waals surface area (Å²) in [4.78, 5) is 20.0. The second kappa shape index (κ2) is 6.12. The van der Waals surface area contributed by atoms with E-state index in [1.54, 1.807) is 6.07 Å². The predicted molar refractivity (Wildman–Crippen MR) is 91.0 cm³/mol. The number of carbonyl (C=O) groups is 1. The number of imidazole rings is 1. The van der Waals surface area contributed by atoms with E-state index >= 15 is 0 Å². The van der Waals surface area contributed by atoms with Crippen molar-refractivity contribution in [2.45, 2.75) is 26.9 Å². The summed E-state index contributed by atoms with van der Waals surface area (Å²) in [5.74, 6) is 1.39. The second-order valence-electron chi connectivity index (χ2n) is 5.67. The van der Waals surface area contributed by atoms with Crippen LogP contribution in [0.5, 0.6) is 5.75 Å². The fourth-order valence-corrected chi connectivity index (χ4v) is 2.43. The van der Waals surface area contributed by atoms with Gasteiger partial charge in [-0.05, 0) is 57.2 Å². The maximum absolute atomic E-state index is 12.5. The summed E-state index contributed by atoms with van der Waals surface area (Å²) in [6.07, 6.45) is 0.121. The summed E-state index contributed by atoms with van der Waals surface area (Å²) in [6, 6.07) is 12.9. The first-order valence-corrected chi connectivity index (χ1v) is 7.56. The summed E-state index contributed by atoms with van der Waals surface area (Å²) in [5.41, 5.74) is 2.81. The van der Waals surface area contributed by atoms with E-state index in [0.717, 1.165) is 22.8 Å². The molecule has 2 aromatic carbocycles. The molecule has 3 rings (SSSR count). The van der Waals surface area contributed by atoms with E-state index in [9.17, 15) is 4.79 Å². The highest BCUT2D eigenvalue weighted by Gasteiger charge is 2.13. The fourth-order valence-electron chi connectivity index (χ4n) is 2.43. The molecule has 5 nitrogen and oxygen atoms in total. The molecule has 0 unspecified atom stereocenters. The van der Waals surface area contributed by atoms with Gasteiger partial charge in [-0.1, -0.05) is 6.07 Å². The van der Waals surface area contributed by atoms with E-state index in [1.165, 1.54) is 0 Å². The van der Waals surface area contributed by atoms with Gasteiger partial charge < -0.3 is 15.0 Å². The standard InChI is InChI=1S/C18H19N3O2/c1-11(2)23-14-9-7-13(8-10-14)21-18(22)15-5-4-6-16-17(15)20-12(3)19-16/h4-11H,1-3H3,(H,19,20)(H,21,22). The van der Waals surface area contributed by atoms with Gasteiger partial charge in [-0.3, -0.25) is 4.79 Å². The number of nitrogens with one attached hydrogen (secondary N) is 2.